The number of alkyl halides is 1. The summed E-state index contributed by atoms with van der Waals surface area (Å²) in [5.41, 5.74) is 0. The molecule has 0 bridgehead atoms. The summed E-state index contributed by atoms with van der Waals surface area (Å²) in [4.78, 5) is 0.00231. The zero-order valence-corrected chi connectivity index (χ0v) is 7.30. The van der Waals surface area contributed by atoms with Gasteiger partial charge in [-0.2, -0.15) is 0 Å². The van der Waals surface area contributed by atoms with Gasteiger partial charge < -0.3 is 10.2 Å². The lowest BCUT2D eigenvalue weighted by Crippen LogP contribution is -2.25. The Kier molecular flexibility index (Phi) is 4.44. The van der Waals surface area contributed by atoms with E-state index in [1.165, 1.54) is 0 Å². The van der Waals surface area contributed by atoms with Crippen molar-refractivity contribution in [3.05, 3.63) is 0 Å². The minimum atomic E-state index is -0.396. The summed E-state index contributed by atoms with van der Waals surface area (Å²) < 4.78 is 0. The van der Waals surface area contributed by atoms with Gasteiger partial charge in [-0.05, 0) is 12.8 Å². The number of hydrogen-bond acceptors (Lipinski definition) is 2. The highest BCUT2D eigenvalue weighted by Gasteiger charge is 2.17. The Morgan fingerprint density at radius 3 is 2.00 bits per heavy atom. The molecule has 0 aromatic carbocycles. The van der Waals surface area contributed by atoms with Crippen molar-refractivity contribution in [2.24, 2.45) is 5.92 Å². The largest absolute Gasteiger partial charge is 0.396 e. The molecular weight excluding hydrogens is 184 g/mol. The van der Waals surface area contributed by atoms with Crippen molar-refractivity contribution in [2.75, 3.05) is 6.61 Å². The highest BCUT2D eigenvalue weighted by atomic mass is 79.9. The third-order valence-electron chi connectivity index (χ3n) is 1.29. The second kappa shape index (κ2) is 4.25. The lowest BCUT2D eigenvalue weighted by atomic mass is 10.1. The van der Waals surface area contributed by atoms with Crippen LogP contribution in [-0.2, 0) is 0 Å². The van der Waals surface area contributed by atoms with Crippen LogP contribution in [0.4, 0.5) is 0 Å². The van der Waals surface area contributed by atoms with Crippen LogP contribution in [-0.4, -0.2) is 27.8 Å². The van der Waals surface area contributed by atoms with Crippen LogP contribution in [0.3, 0.4) is 0 Å². The average Bonchev–Trinajstić information content (AvgIpc) is 1.84. The molecule has 0 fully saturated rings. The predicted molar refractivity (Wildman–Crippen MR) is 40.6 cm³/mol. The van der Waals surface area contributed by atoms with Gasteiger partial charge in [-0.1, -0.05) is 22.9 Å². The van der Waals surface area contributed by atoms with Gasteiger partial charge in [0.05, 0.1) is 6.10 Å². The molecule has 3 heteroatoms. The van der Waals surface area contributed by atoms with Gasteiger partial charge in [-0.15, -0.1) is 0 Å². The lowest BCUT2D eigenvalue weighted by molar-refractivity contribution is 0.146. The van der Waals surface area contributed by atoms with E-state index < -0.39 is 6.10 Å². The first-order valence-electron chi connectivity index (χ1n) is 3.02. The minimum absolute atomic E-state index is 0.00231. The fourth-order valence-corrected chi connectivity index (χ4v) is 0.743. The molecule has 0 rings (SSSR count). The van der Waals surface area contributed by atoms with E-state index in [-0.39, 0.29) is 17.4 Å². The summed E-state index contributed by atoms with van der Waals surface area (Å²) in [5.74, 6) is 0.116. The molecular formula is C6H13BrO2. The van der Waals surface area contributed by atoms with Crippen molar-refractivity contribution in [2.45, 2.75) is 24.8 Å². The quantitative estimate of drug-likeness (QED) is 0.655. The smallest absolute Gasteiger partial charge is 0.0640 e. The standard InChI is InChI=1S/C6H13BrO2/c1-4(3-8)6(7)5(2)9/h4-6,8-9H,3H2,1-2H3. The summed E-state index contributed by atoms with van der Waals surface area (Å²) in [6.45, 7) is 3.69. The molecule has 0 amide bonds. The van der Waals surface area contributed by atoms with E-state index in [2.05, 4.69) is 15.9 Å². The summed E-state index contributed by atoms with van der Waals surface area (Å²) in [6, 6.07) is 0. The number of rotatable bonds is 3. The van der Waals surface area contributed by atoms with E-state index in [9.17, 15) is 0 Å². The zero-order chi connectivity index (χ0) is 7.44. The number of aliphatic hydroxyl groups excluding tert-OH is 2. The molecule has 0 heterocycles. The van der Waals surface area contributed by atoms with Gasteiger partial charge >= 0.3 is 0 Å². The van der Waals surface area contributed by atoms with E-state index in [1.54, 1.807) is 6.92 Å². The van der Waals surface area contributed by atoms with Gasteiger partial charge in [0.25, 0.3) is 0 Å². The second-order valence-corrected chi connectivity index (χ2v) is 3.40. The van der Waals surface area contributed by atoms with Crippen molar-refractivity contribution < 1.29 is 10.2 Å². The molecule has 3 atom stereocenters. The lowest BCUT2D eigenvalue weighted by Gasteiger charge is -2.17. The van der Waals surface area contributed by atoms with Crippen LogP contribution in [0, 0.1) is 5.92 Å². The van der Waals surface area contributed by atoms with Crippen molar-refractivity contribution in [3.63, 3.8) is 0 Å². The van der Waals surface area contributed by atoms with Crippen molar-refractivity contribution in [1.82, 2.24) is 0 Å². The van der Waals surface area contributed by atoms with Crippen LogP contribution in [0.25, 0.3) is 0 Å². The van der Waals surface area contributed by atoms with E-state index in [1.807, 2.05) is 6.92 Å². The molecule has 0 aliphatic heterocycles. The van der Waals surface area contributed by atoms with Crippen LogP contribution >= 0.6 is 15.9 Å². The number of halogens is 1. The molecule has 9 heavy (non-hydrogen) atoms. The maximum atomic E-state index is 8.96. The maximum absolute atomic E-state index is 8.96. The summed E-state index contributed by atoms with van der Waals surface area (Å²) >= 11 is 3.26. The van der Waals surface area contributed by atoms with Crippen molar-refractivity contribution >= 4 is 15.9 Å². The van der Waals surface area contributed by atoms with Crippen LogP contribution in [0.15, 0.2) is 0 Å². The minimum Gasteiger partial charge on any atom is -0.396 e. The van der Waals surface area contributed by atoms with Crippen molar-refractivity contribution in [1.29, 1.82) is 0 Å². The molecule has 0 aliphatic carbocycles. The van der Waals surface area contributed by atoms with Crippen LogP contribution in [0.2, 0.25) is 0 Å². The van der Waals surface area contributed by atoms with Gasteiger partial charge in [-0.25, -0.2) is 0 Å². The van der Waals surface area contributed by atoms with Gasteiger partial charge in [0.1, 0.15) is 0 Å². The Morgan fingerprint density at radius 2 is 1.89 bits per heavy atom. The molecule has 2 N–H and O–H groups in total. The fourth-order valence-electron chi connectivity index (χ4n) is 0.576. The van der Waals surface area contributed by atoms with Crippen LogP contribution in [0.1, 0.15) is 13.8 Å². The van der Waals surface area contributed by atoms with E-state index in [0.29, 0.717) is 0 Å². The van der Waals surface area contributed by atoms with Gasteiger partial charge in [0.2, 0.25) is 0 Å². The van der Waals surface area contributed by atoms with Crippen LogP contribution in [0.5, 0.6) is 0 Å². The van der Waals surface area contributed by atoms with Crippen molar-refractivity contribution in [3.8, 4) is 0 Å². The Balaban J connectivity index is 3.58. The molecule has 56 valence electrons. The summed E-state index contributed by atoms with van der Waals surface area (Å²) in [6.07, 6.45) is -0.396. The topological polar surface area (TPSA) is 40.5 Å². The van der Waals surface area contributed by atoms with E-state index in [0.717, 1.165) is 0 Å². The molecule has 0 radical (unpaired) electrons. The van der Waals surface area contributed by atoms with Gasteiger partial charge in [0.15, 0.2) is 0 Å². The molecule has 0 aromatic heterocycles. The Morgan fingerprint density at radius 1 is 1.44 bits per heavy atom. The maximum Gasteiger partial charge on any atom is 0.0640 e. The normalized spacial score (nSPS) is 21.0. The van der Waals surface area contributed by atoms with E-state index in [4.69, 9.17) is 10.2 Å². The Hall–Kier alpha value is 0.400. The Labute approximate surface area is 64.0 Å². The Bertz CT molecular complexity index is 75.5. The first kappa shape index (κ1) is 9.40. The number of hydrogen-bond donors (Lipinski definition) is 2. The molecule has 2 nitrogen and oxygen atoms in total. The first-order valence-corrected chi connectivity index (χ1v) is 3.94. The summed E-state index contributed by atoms with van der Waals surface area (Å²) in [5, 5.41) is 17.6. The summed E-state index contributed by atoms with van der Waals surface area (Å²) in [7, 11) is 0. The monoisotopic (exact) mass is 196 g/mol. The van der Waals surface area contributed by atoms with Gasteiger partial charge in [0, 0.05) is 11.4 Å². The van der Waals surface area contributed by atoms with E-state index >= 15 is 0 Å². The third-order valence-corrected chi connectivity index (χ3v) is 2.96. The second-order valence-electron chi connectivity index (χ2n) is 2.34. The van der Waals surface area contributed by atoms with Crippen LogP contribution < -0.4 is 0 Å². The predicted octanol–water partition coefficient (Wildman–Crippen LogP) is 0.759. The number of aliphatic hydroxyl groups is 2. The highest BCUT2D eigenvalue weighted by Crippen LogP contribution is 2.15. The molecule has 0 spiro atoms. The highest BCUT2D eigenvalue weighted by molar-refractivity contribution is 9.09. The third kappa shape index (κ3) is 3.18. The SMILES string of the molecule is CC(O)C(Br)C(C)CO. The molecule has 0 aromatic rings. The first-order chi connectivity index (χ1) is 4.09. The molecule has 0 aliphatic rings. The molecule has 3 unspecified atom stereocenters. The average molecular weight is 197 g/mol. The molecule has 0 saturated heterocycles. The fraction of sp³-hybridized carbons (Fsp3) is 1.00. The van der Waals surface area contributed by atoms with Gasteiger partial charge in [-0.3, -0.25) is 0 Å². The molecule has 0 saturated carbocycles. The zero-order valence-electron chi connectivity index (χ0n) is 5.71.